The van der Waals surface area contributed by atoms with Crippen LogP contribution in [-0.4, -0.2) is 76.8 Å². The van der Waals surface area contributed by atoms with Crippen LogP contribution in [0.2, 0.25) is 0 Å². The van der Waals surface area contributed by atoms with Gasteiger partial charge in [0.2, 0.25) is 29.5 Å². The zero-order valence-electron chi connectivity index (χ0n) is 19.0. The van der Waals surface area contributed by atoms with E-state index in [1.165, 1.54) is 11.8 Å². The standard InChI is InChI=1S/C19H34N6O7S/c1-9(2)6-11(23-16(28)10(20)4-5-33-3)17(29)24-12(7-14(21)26)18(30)25-13(19(31)32)8-15(22)27/h9-13H,4-8,20H2,1-3H3,(H2,21,26)(H2,22,27)(H,23,28)(H,24,29)(H,25,30)(H,31,32). The second kappa shape index (κ2) is 15.1. The van der Waals surface area contributed by atoms with Gasteiger partial charge in [0.25, 0.3) is 0 Å². The average molecular weight is 491 g/mol. The highest BCUT2D eigenvalue weighted by Crippen LogP contribution is 2.08. The molecule has 0 heterocycles. The molecule has 0 aromatic heterocycles. The molecule has 0 aliphatic carbocycles. The molecule has 0 saturated heterocycles. The van der Waals surface area contributed by atoms with E-state index in [-0.39, 0.29) is 12.3 Å². The molecule has 0 aliphatic heterocycles. The lowest BCUT2D eigenvalue weighted by atomic mass is 10.0. The van der Waals surface area contributed by atoms with Crippen LogP contribution in [-0.2, 0) is 28.8 Å². The van der Waals surface area contributed by atoms with E-state index in [4.69, 9.17) is 22.3 Å². The van der Waals surface area contributed by atoms with Gasteiger partial charge in [-0.05, 0) is 30.8 Å². The smallest absolute Gasteiger partial charge is 0.326 e. The molecule has 0 aliphatic rings. The van der Waals surface area contributed by atoms with Gasteiger partial charge in [0.1, 0.15) is 18.1 Å². The number of nitrogens with two attached hydrogens (primary N) is 3. The fraction of sp³-hybridized carbons (Fsp3) is 0.684. The molecule has 188 valence electrons. The largest absolute Gasteiger partial charge is 0.480 e. The molecule has 0 spiro atoms. The van der Waals surface area contributed by atoms with Crippen molar-refractivity contribution < 1.29 is 33.9 Å². The topological polar surface area (TPSA) is 237 Å². The predicted molar refractivity (Wildman–Crippen MR) is 121 cm³/mol. The Morgan fingerprint density at radius 1 is 0.818 bits per heavy atom. The van der Waals surface area contributed by atoms with Crippen LogP contribution in [0.3, 0.4) is 0 Å². The van der Waals surface area contributed by atoms with Crippen LogP contribution < -0.4 is 33.2 Å². The second-order valence-electron chi connectivity index (χ2n) is 7.88. The van der Waals surface area contributed by atoms with Crippen molar-refractivity contribution in [2.75, 3.05) is 12.0 Å². The molecular weight excluding hydrogens is 456 g/mol. The predicted octanol–water partition coefficient (Wildman–Crippen LogP) is -2.60. The van der Waals surface area contributed by atoms with Crippen molar-refractivity contribution >= 4 is 47.3 Å². The quantitative estimate of drug-likeness (QED) is 0.120. The van der Waals surface area contributed by atoms with Crippen LogP contribution in [0.1, 0.15) is 39.5 Å². The molecule has 0 bridgehead atoms. The molecule has 5 amide bonds. The van der Waals surface area contributed by atoms with E-state index < -0.39 is 72.5 Å². The van der Waals surface area contributed by atoms with Gasteiger partial charge in [-0.1, -0.05) is 13.8 Å². The number of rotatable bonds is 16. The van der Waals surface area contributed by atoms with Crippen molar-refractivity contribution in [1.82, 2.24) is 16.0 Å². The number of amides is 5. The fourth-order valence-electron chi connectivity index (χ4n) is 2.71. The Bertz CT molecular complexity index is 733. The maximum atomic E-state index is 12.9. The van der Waals surface area contributed by atoms with Crippen LogP contribution in [0.15, 0.2) is 0 Å². The minimum atomic E-state index is -1.66. The van der Waals surface area contributed by atoms with Gasteiger partial charge in [0.05, 0.1) is 18.9 Å². The van der Waals surface area contributed by atoms with Gasteiger partial charge in [-0.15, -0.1) is 0 Å². The van der Waals surface area contributed by atoms with Crippen LogP contribution in [0, 0.1) is 5.92 Å². The maximum absolute atomic E-state index is 12.9. The SMILES string of the molecule is CSCCC(N)C(=O)NC(CC(C)C)C(=O)NC(CC(N)=O)C(=O)NC(CC(N)=O)C(=O)O. The highest BCUT2D eigenvalue weighted by molar-refractivity contribution is 7.98. The molecule has 33 heavy (non-hydrogen) atoms. The Morgan fingerprint density at radius 2 is 1.27 bits per heavy atom. The van der Waals surface area contributed by atoms with E-state index >= 15 is 0 Å². The highest BCUT2D eigenvalue weighted by atomic mass is 32.2. The van der Waals surface area contributed by atoms with Crippen molar-refractivity contribution in [3.8, 4) is 0 Å². The first-order valence-electron chi connectivity index (χ1n) is 10.2. The number of carbonyl (C=O) groups is 6. The van der Waals surface area contributed by atoms with Crippen molar-refractivity contribution in [3.05, 3.63) is 0 Å². The summed E-state index contributed by atoms with van der Waals surface area (Å²) in [5.74, 6) is -5.22. The molecule has 13 nitrogen and oxygen atoms in total. The zero-order chi connectivity index (χ0) is 25.7. The lowest BCUT2D eigenvalue weighted by Gasteiger charge is -2.25. The summed E-state index contributed by atoms with van der Waals surface area (Å²) in [5.41, 5.74) is 16.0. The molecule has 0 aromatic carbocycles. The maximum Gasteiger partial charge on any atom is 0.326 e. The van der Waals surface area contributed by atoms with Crippen molar-refractivity contribution in [2.24, 2.45) is 23.1 Å². The first-order chi connectivity index (χ1) is 15.3. The molecule has 0 saturated carbocycles. The number of carboxylic acid groups (broad SMARTS) is 1. The van der Waals surface area contributed by atoms with E-state index in [1.807, 2.05) is 25.4 Å². The van der Waals surface area contributed by atoms with Gasteiger partial charge in [-0.3, -0.25) is 24.0 Å². The summed E-state index contributed by atoms with van der Waals surface area (Å²) < 4.78 is 0. The van der Waals surface area contributed by atoms with Gasteiger partial charge in [-0.25, -0.2) is 4.79 Å². The van der Waals surface area contributed by atoms with E-state index in [0.29, 0.717) is 12.2 Å². The van der Waals surface area contributed by atoms with Gasteiger partial charge in [-0.2, -0.15) is 11.8 Å². The lowest BCUT2D eigenvalue weighted by Crippen LogP contribution is -2.58. The first kappa shape index (κ1) is 30.1. The van der Waals surface area contributed by atoms with E-state index in [0.717, 1.165) is 0 Å². The third kappa shape index (κ3) is 12.7. The third-order valence-electron chi connectivity index (χ3n) is 4.37. The fourth-order valence-corrected chi connectivity index (χ4v) is 3.20. The summed E-state index contributed by atoms with van der Waals surface area (Å²) in [6.07, 6.45) is 1.12. The van der Waals surface area contributed by atoms with Crippen molar-refractivity contribution in [3.63, 3.8) is 0 Å². The first-order valence-corrected chi connectivity index (χ1v) is 11.6. The number of hydrogen-bond acceptors (Lipinski definition) is 8. The van der Waals surface area contributed by atoms with Crippen LogP contribution in [0.5, 0.6) is 0 Å². The van der Waals surface area contributed by atoms with Gasteiger partial charge in [0.15, 0.2) is 0 Å². The highest BCUT2D eigenvalue weighted by Gasteiger charge is 2.32. The number of carboxylic acids is 1. The Hall–Kier alpha value is -2.87. The van der Waals surface area contributed by atoms with Gasteiger partial charge >= 0.3 is 5.97 Å². The summed E-state index contributed by atoms with van der Waals surface area (Å²) in [6, 6.07) is -5.11. The zero-order valence-corrected chi connectivity index (χ0v) is 19.8. The Balaban J connectivity index is 5.50. The summed E-state index contributed by atoms with van der Waals surface area (Å²) >= 11 is 1.51. The second-order valence-corrected chi connectivity index (χ2v) is 8.87. The van der Waals surface area contributed by atoms with Crippen molar-refractivity contribution in [1.29, 1.82) is 0 Å². The molecule has 10 N–H and O–H groups in total. The molecule has 4 atom stereocenters. The molecule has 0 rings (SSSR count). The van der Waals surface area contributed by atoms with E-state index in [1.54, 1.807) is 0 Å². The monoisotopic (exact) mass is 490 g/mol. The Labute approximate surface area is 196 Å². The number of aliphatic carboxylic acids is 1. The van der Waals surface area contributed by atoms with Crippen LogP contribution >= 0.6 is 11.8 Å². The molecule has 0 aromatic rings. The number of thioether (sulfide) groups is 1. The summed E-state index contributed by atoms with van der Waals surface area (Å²) in [4.78, 5) is 71.5. The van der Waals surface area contributed by atoms with Crippen LogP contribution in [0.25, 0.3) is 0 Å². The van der Waals surface area contributed by atoms with E-state index in [9.17, 15) is 28.8 Å². The van der Waals surface area contributed by atoms with Gasteiger partial charge in [0, 0.05) is 0 Å². The average Bonchev–Trinajstić information content (AvgIpc) is 2.68. The Kier molecular flexibility index (Phi) is 13.7. The van der Waals surface area contributed by atoms with Gasteiger partial charge < -0.3 is 38.3 Å². The summed E-state index contributed by atoms with van der Waals surface area (Å²) in [5, 5.41) is 16.1. The molecule has 4 unspecified atom stereocenters. The molecule has 0 fully saturated rings. The lowest BCUT2D eigenvalue weighted by molar-refractivity contribution is -0.144. The minimum Gasteiger partial charge on any atom is -0.480 e. The Morgan fingerprint density at radius 3 is 1.73 bits per heavy atom. The summed E-state index contributed by atoms with van der Waals surface area (Å²) in [6.45, 7) is 3.63. The minimum absolute atomic E-state index is 0.0288. The molecule has 0 radical (unpaired) electrons. The number of hydrogen-bond donors (Lipinski definition) is 7. The number of carbonyl (C=O) groups excluding carboxylic acids is 5. The molecular formula is C19H34N6O7S. The third-order valence-corrected chi connectivity index (χ3v) is 5.01. The van der Waals surface area contributed by atoms with Crippen LogP contribution in [0.4, 0.5) is 0 Å². The number of nitrogens with one attached hydrogen (secondary N) is 3. The number of primary amides is 2. The van der Waals surface area contributed by atoms with E-state index in [2.05, 4.69) is 10.6 Å². The molecule has 14 heteroatoms. The normalized spacial score (nSPS) is 14.5. The van der Waals surface area contributed by atoms with Crippen molar-refractivity contribution in [2.45, 2.75) is 63.7 Å². The summed E-state index contributed by atoms with van der Waals surface area (Å²) in [7, 11) is 0.